The molecule has 1 aromatic rings. The second-order valence-corrected chi connectivity index (χ2v) is 9.35. The second-order valence-electron chi connectivity index (χ2n) is 9.35. The van der Waals surface area contributed by atoms with E-state index in [0.29, 0.717) is 41.5 Å². The van der Waals surface area contributed by atoms with Crippen molar-refractivity contribution in [3.8, 4) is 17.2 Å². The van der Waals surface area contributed by atoms with E-state index >= 15 is 0 Å². The standard InChI is InChI=1S/C25H41N3O4/c1-26-13-10-21(11-14-26)27(2)24(29)9-8-19-7-6-12-28(17-19)18-20-15-22(30-3)25(32-5)23(16-20)31-4/h15-16,19,21H,6-14,17-18H2,1-5H3/t19-/m1/s1. The van der Waals surface area contributed by atoms with Gasteiger partial charge in [-0.05, 0) is 82.4 Å². The molecule has 0 saturated carbocycles. The van der Waals surface area contributed by atoms with Crippen molar-refractivity contribution in [3.63, 3.8) is 0 Å². The Labute approximate surface area is 193 Å². The van der Waals surface area contributed by atoms with Gasteiger partial charge in [0.15, 0.2) is 11.5 Å². The number of carbonyl (C=O) groups excluding carboxylic acids is 1. The summed E-state index contributed by atoms with van der Waals surface area (Å²) < 4.78 is 16.5. The number of benzene rings is 1. The Hall–Kier alpha value is -1.99. The molecule has 2 saturated heterocycles. The highest BCUT2D eigenvalue weighted by atomic mass is 16.5. The van der Waals surface area contributed by atoms with Crippen LogP contribution in [0.15, 0.2) is 12.1 Å². The fourth-order valence-corrected chi connectivity index (χ4v) is 5.11. The molecule has 1 atom stereocenters. The maximum absolute atomic E-state index is 12.8. The molecule has 2 aliphatic rings. The maximum Gasteiger partial charge on any atom is 0.222 e. The van der Waals surface area contributed by atoms with Gasteiger partial charge in [0.1, 0.15) is 0 Å². The topological polar surface area (TPSA) is 54.5 Å². The lowest BCUT2D eigenvalue weighted by Crippen LogP contribution is -2.44. The zero-order chi connectivity index (χ0) is 23.1. The molecule has 0 aromatic heterocycles. The molecule has 2 fully saturated rings. The van der Waals surface area contributed by atoms with Gasteiger partial charge in [0.2, 0.25) is 11.7 Å². The van der Waals surface area contributed by atoms with E-state index in [0.717, 1.165) is 57.5 Å². The molecule has 0 N–H and O–H groups in total. The van der Waals surface area contributed by atoms with Gasteiger partial charge in [-0.1, -0.05) is 0 Å². The molecular formula is C25H41N3O4. The normalized spacial score (nSPS) is 20.7. The van der Waals surface area contributed by atoms with E-state index in [4.69, 9.17) is 14.2 Å². The molecule has 180 valence electrons. The van der Waals surface area contributed by atoms with Crippen molar-refractivity contribution in [2.24, 2.45) is 5.92 Å². The van der Waals surface area contributed by atoms with Crippen LogP contribution in [0.1, 0.15) is 44.1 Å². The zero-order valence-electron chi connectivity index (χ0n) is 20.6. The summed E-state index contributed by atoms with van der Waals surface area (Å²) in [6, 6.07) is 4.47. The molecule has 7 heteroatoms. The van der Waals surface area contributed by atoms with Gasteiger partial charge in [-0.2, -0.15) is 0 Å². The number of ether oxygens (including phenoxy) is 3. The van der Waals surface area contributed by atoms with Gasteiger partial charge in [0, 0.05) is 32.6 Å². The highest BCUT2D eigenvalue weighted by molar-refractivity contribution is 5.76. The number of hydrogen-bond acceptors (Lipinski definition) is 6. The molecular weight excluding hydrogens is 406 g/mol. The quantitative estimate of drug-likeness (QED) is 0.579. The number of hydrogen-bond donors (Lipinski definition) is 0. The molecule has 3 rings (SSSR count). The number of piperidine rings is 2. The van der Waals surface area contributed by atoms with E-state index in [1.54, 1.807) is 21.3 Å². The number of rotatable bonds is 9. The summed E-state index contributed by atoms with van der Waals surface area (Å²) in [5.74, 6) is 2.89. The average Bonchev–Trinajstić information content (AvgIpc) is 2.82. The van der Waals surface area contributed by atoms with Crippen molar-refractivity contribution in [2.45, 2.75) is 51.1 Å². The third-order valence-corrected chi connectivity index (χ3v) is 7.13. The first-order chi connectivity index (χ1) is 15.4. The Morgan fingerprint density at radius 3 is 2.28 bits per heavy atom. The molecule has 0 radical (unpaired) electrons. The molecule has 2 heterocycles. The third-order valence-electron chi connectivity index (χ3n) is 7.13. The van der Waals surface area contributed by atoms with Gasteiger partial charge in [-0.3, -0.25) is 9.69 Å². The Morgan fingerprint density at radius 1 is 1.03 bits per heavy atom. The average molecular weight is 448 g/mol. The van der Waals surface area contributed by atoms with Crippen LogP contribution in [0.5, 0.6) is 17.2 Å². The van der Waals surface area contributed by atoms with Gasteiger partial charge in [-0.25, -0.2) is 0 Å². The van der Waals surface area contributed by atoms with E-state index in [1.165, 1.54) is 12.8 Å². The minimum absolute atomic E-state index is 0.307. The fourth-order valence-electron chi connectivity index (χ4n) is 5.11. The first kappa shape index (κ1) is 24.6. The lowest BCUT2D eigenvalue weighted by Gasteiger charge is -2.36. The van der Waals surface area contributed by atoms with E-state index in [-0.39, 0.29) is 0 Å². The SMILES string of the molecule is COc1cc(CN2CCC[C@H](CCC(=O)N(C)C3CCN(C)CC3)C2)cc(OC)c1OC. The first-order valence-electron chi connectivity index (χ1n) is 11.9. The van der Waals surface area contributed by atoms with Gasteiger partial charge < -0.3 is 24.0 Å². The summed E-state index contributed by atoms with van der Waals surface area (Å²) in [6.45, 7) is 5.12. The highest BCUT2D eigenvalue weighted by Crippen LogP contribution is 2.38. The van der Waals surface area contributed by atoms with Crippen LogP contribution in [0.3, 0.4) is 0 Å². The van der Waals surface area contributed by atoms with Crippen LogP contribution in [-0.2, 0) is 11.3 Å². The minimum Gasteiger partial charge on any atom is -0.493 e. The van der Waals surface area contributed by atoms with Gasteiger partial charge in [-0.15, -0.1) is 0 Å². The van der Waals surface area contributed by atoms with Crippen LogP contribution < -0.4 is 14.2 Å². The van der Waals surface area contributed by atoms with Crippen molar-refractivity contribution in [1.82, 2.24) is 14.7 Å². The number of carbonyl (C=O) groups is 1. The Balaban J connectivity index is 1.51. The van der Waals surface area contributed by atoms with E-state index in [9.17, 15) is 4.79 Å². The van der Waals surface area contributed by atoms with Crippen molar-refractivity contribution >= 4 is 5.91 Å². The van der Waals surface area contributed by atoms with Crippen LogP contribution in [0.4, 0.5) is 0 Å². The van der Waals surface area contributed by atoms with Crippen LogP contribution in [0, 0.1) is 5.92 Å². The van der Waals surface area contributed by atoms with Crippen LogP contribution in [0.25, 0.3) is 0 Å². The summed E-state index contributed by atoms with van der Waals surface area (Å²) in [6.07, 6.45) is 6.19. The fraction of sp³-hybridized carbons (Fsp3) is 0.720. The van der Waals surface area contributed by atoms with Gasteiger partial charge in [0.05, 0.1) is 21.3 Å². The summed E-state index contributed by atoms with van der Waals surface area (Å²) in [4.78, 5) is 19.6. The van der Waals surface area contributed by atoms with Crippen LogP contribution in [0.2, 0.25) is 0 Å². The summed E-state index contributed by atoms with van der Waals surface area (Å²) in [7, 11) is 9.08. The Bertz CT molecular complexity index is 724. The number of nitrogens with zero attached hydrogens (tertiary/aromatic N) is 3. The maximum atomic E-state index is 12.8. The molecule has 1 aromatic carbocycles. The van der Waals surface area contributed by atoms with Crippen molar-refractivity contribution < 1.29 is 19.0 Å². The monoisotopic (exact) mass is 447 g/mol. The van der Waals surface area contributed by atoms with Gasteiger partial charge >= 0.3 is 0 Å². The lowest BCUT2D eigenvalue weighted by molar-refractivity contribution is -0.133. The molecule has 2 aliphatic heterocycles. The van der Waals surface area contributed by atoms with Crippen LogP contribution in [-0.4, -0.2) is 88.3 Å². The summed E-state index contributed by atoms with van der Waals surface area (Å²) in [5, 5.41) is 0. The predicted octanol–water partition coefficient (Wildman–Crippen LogP) is 3.26. The van der Waals surface area contributed by atoms with Gasteiger partial charge in [0.25, 0.3) is 0 Å². The number of amides is 1. The second kappa shape index (κ2) is 11.8. The van der Waals surface area contributed by atoms with E-state index < -0.39 is 0 Å². The third kappa shape index (κ3) is 6.29. The summed E-state index contributed by atoms with van der Waals surface area (Å²) >= 11 is 0. The number of likely N-dealkylation sites (tertiary alicyclic amines) is 2. The zero-order valence-corrected chi connectivity index (χ0v) is 20.6. The van der Waals surface area contributed by atoms with Crippen molar-refractivity contribution in [2.75, 3.05) is 61.6 Å². The molecule has 1 amide bonds. The minimum atomic E-state index is 0.307. The largest absolute Gasteiger partial charge is 0.493 e. The Kier molecular flexibility index (Phi) is 9.05. The molecule has 0 aliphatic carbocycles. The highest BCUT2D eigenvalue weighted by Gasteiger charge is 2.26. The Morgan fingerprint density at radius 2 is 1.69 bits per heavy atom. The van der Waals surface area contributed by atoms with Crippen molar-refractivity contribution in [3.05, 3.63) is 17.7 Å². The molecule has 0 spiro atoms. The van der Waals surface area contributed by atoms with Crippen molar-refractivity contribution in [1.29, 1.82) is 0 Å². The number of methoxy groups -OCH3 is 3. The smallest absolute Gasteiger partial charge is 0.222 e. The van der Waals surface area contributed by atoms with E-state index in [2.05, 4.69) is 16.8 Å². The molecule has 0 bridgehead atoms. The van der Waals surface area contributed by atoms with Crippen LogP contribution >= 0.6 is 0 Å². The summed E-state index contributed by atoms with van der Waals surface area (Å²) in [5.41, 5.74) is 1.15. The lowest BCUT2D eigenvalue weighted by atomic mass is 9.92. The molecule has 32 heavy (non-hydrogen) atoms. The molecule has 7 nitrogen and oxygen atoms in total. The molecule has 0 unspecified atom stereocenters. The van der Waals surface area contributed by atoms with E-state index in [1.807, 2.05) is 24.1 Å². The predicted molar refractivity (Wildman–Crippen MR) is 127 cm³/mol. The first-order valence-corrected chi connectivity index (χ1v) is 11.9.